The fourth-order valence-corrected chi connectivity index (χ4v) is 1.91. The molecule has 14 heavy (non-hydrogen) atoms. The van der Waals surface area contributed by atoms with Crippen molar-refractivity contribution in [1.29, 1.82) is 0 Å². The molecule has 1 aliphatic rings. The van der Waals surface area contributed by atoms with Crippen molar-refractivity contribution in [2.24, 2.45) is 0 Å². The van der Waals surface area contributed by atoms with Gasteiger partial charge in [-0.15, -0.1) is 0 Å². The van der Waals surface area contributed by atoms with Crippen molar-refractivity contribution in [2.45, 2.75) is 25.0 Å². The molecule has 3 nitrogen and oxygen atoms in total. The molecule has 1 saturated heterocycles. The number of nitrogen functional groups attached to an aromatic ring is 1. The third-order valence-corrected chi connectivity index (χ3v) is 2.72. The Hall–Kier alpha value is -1.06. The number of piperidine rings is 1. The summed E-state index contributed by atoms with van der Waals surface area (Å²) >= 11 is 0. The number of rotatable bonds is 1. The van der Waals surface area contributed by atoms with Crippen LogP contribution in [0.4, 0.5) is 5.69 Å². The van der Waals surface area contributed by atoms with Crippen LogP contribution in [0.5, 0.6) is 0 Å². The maximum absolute atomic E-state index is 9.80. The van der Waals surface area contributed by atoms with Crippen LogP contribution >= 0.6 is 0 Å². The third kappa shape index (κ3) is 1.89. The van der Waals surface area contributed by atoms with E-state index in [-0.39, 0.29) is 12.1 Å². The number of nitrogens with one attached hydrogen (secondary N) is 1. The smallest absolute Gasteiger partial charge is 0.0735 e. The Bertz CT molecular complexity index is 297. The largest absolute Gasteiger partial charge is 0.399 e. The molecule has 4 N–H and O–H groups in total. The Labute approximate surface area is 83.9 Å². The van der Waals surface area contributed by atoms with E-state index < -0.39 is 0 Å². The fourth-order valence-electron chi connectivity index (χ4n) is 1.91. The van der Waals surface area contributed by atoms with E-state index >= 15 is 0 Å². The first-order valence-electron chi connectivity index (χ1n) is 5.04. The van der Waals surface area contributed by atoms with Crippen LogP contribution in [-0.2, 0) is 0 Å². The third-order valence-electron chi connectivity index (χ3n) is 2.72. The molecule has 0 saturated carbocycles. The SMILES string of the molecule is Nc1ccc(C2NCCCC2O)cc1. The molecule has 2 rings (SSSR count). The first-order valence-corrected chi connectivity index (χ1v) is 5.04. The van der Waals surface area contributed by atoms with E-state index in [1.165, 1.54) is 0 Å². The number of benzene rings is 1. The van der Waals surface area contributed by atoms with E-state index in [2.05, 4.69) is 5.32 Å². The van der Waals surface area contributed by atoms with Crippen LogP contribution in [0.15, 0.2) is 24.3 Å². The Morgan fingerprint density at radius 1 is 1.29 bits per heavy atom. The highest BCUT2D eigenvalue weighted by Crippen LogP contribution is 2.23. The lowest BCUT2D eigenvalue weighted by Gasteiger charge is -2.29. The number of aliphatic hydroxyl groups excluding tert-OH is 1. The molecule has 0 aromatic heterocycles. The number of nitrogens with two attached hydrogens (primary N) is 1. The molecular formula is C11H16N2O. The van der Waals surface area contributed by atoms with E-state index in [0.717, 1.165) is 30.6 Å². The summed E-state index contributed by atoms with van der Waals surface area (Å²) in [6, 6.07) is 7.77. The van der Waals surface area contributed by atoms with Gasteiger partial charge in [-0.25, -0.2) is 0 Å². The zero-order valence-electron chi connectivity index (χ0n) is 8.11. The highest BCUT2D eigenvalue weighted by Gasteiger charge is 2.23. The summed E-state index contributed by atoms with van der Waals surface area (Å²) in [6.07, 6.45) is 1.65. The highest BCUT2D eigenvalue weighted by atomic mass is 16.3. The van der Waals surface area contributed by atoms with Gasteiger partial charge in [-0.3, -0.25) is 0 Å². The lowest BCUT2D eigenvalue weighted by molar-refractivity contribution is 0.0965. The van der Waals surface area contributed by atoms with Gasteiger partial charge in [0.15, 0.2) is 0 Å². The normalized spacial score (nSPS) is 27.5. The molecule has 2 atom stereocenters. The predicted octanol–water partition coefficient (Wildman–Crippen LogP) is 1.05. The minimum Gasteiger partial charge on any atom is -0.399 e. The molecule has 1 heterocycles. The van der Waals surface area contributed by atoms with Crippen LogP contribution in [0.1, 0.15) is 24.4 Å². The van der Waals surface area contributed by atoms with Gasteiger partial charge in [0.2, 0.25) is 0 Å². The van der Waals surface area contributed by atoms with E-state index in [0.29, 0.717) is 0 Å². The number of aliphatic hydroxyl groups is 1. The lowest BCUT2D eigenvalue weighted by atomic mass is 9.95. The summed E-state index contributed by atoms with van der Waals surface area (Å²) in [7, 11) is 0. The van der Waals surface area contributed by atoms with Crippen molar-refractivity contribution in [3.05, 3.63) is 29.8 Å². The summed E-state index contributed by atoms with van der Waals surface area (Å²) in [6.45, 7) is 0.978. The molecule has 0 radical (unpaired) electrons. The van der Waals surface area contributed by atoms with Gasteiger partial charge in [-0.05, 0) is 37.1 Å². The van der Waals surface area contributed by atoms with Gasteiger partial charge in [0.1, 0.15) is 0 Å². The molecule has 1 aromatic rings. The van der Waals surface area contributed by atoms with Gasteiger partial charge in [0.05, 0.1) is 12.1 Å². The predicted molar refractivity (Wildman–Crippen MR) is 56.8 cm³/mol. The Kier molecular flexibility index (Phi) is 2.70. The second kappa shape index (κ2) is 3.98. The van der Waals surface area contributed by atoms with Gasteiger partial charge in [0.25, 0.3) is 0 Å². The molecule has 3 heteroatoms. The van der Waals surface area contributed by atoms with Crippen molar-refractivity contribution >= 4 is 5.69 Å². The molecule has 1 aliphatic heterocycles. The van der Waals surface area contributed by atoms with Crippen molar-refractivity contribution in [1.82, 2.24) is 5.32 Å². The van der Waals surface area contributed by atoms with Crippen molar-refractivity contribution < 1.29 is 5.11 Å². The number of hydrogen-bond acceptors (Lipinski definition) is 3. The minimum absolute atomic E-state index is 0.0735. The van der Waals surface area contributed by atoms with E-state index in [9.17, 15) is 5.11 Å². The zero-order valence-corrected chi connectivity index (χ0v) is 8.11. The average molecular weight is 192 g/mol. The van der Waals surface area contributed by atoms with Crippen molar-refractivity contribution in [3.8, 4) is 0 Å². The van der Waals surface area contributed by atoms with E-state index in [4.69, 9.17) is 5.73 Å². The van der Waals surface area contributed by atoms with Crippen molar-refractivity contribution in [3.63, 3.8) is 0 Å². The first kappa shape index (κ1) is 9.49. The molecular weight excluding hydrogens is 176 g/mol. The van der Waals surface area contributed by atoms with E-state index in [1.807, 2.05) is 24.3 Å². The van der Waals surface area contributed by atoms with Gasteiger partial charge < -0.3 is 16.2 Å². The Balaban J connectivity index is 2.16. The fraction of sp³-hybridized carbons (Fsp3) is 0.455. The van der Waals surface area contributed by atoms with Crippen LogP contribution in [0.3, 0.4) is 0 Å². The Morgan fingerprint density at radius 2 is 2.00 bits per heavy atom. The topological polar surface area (TPSA) is 58.3 Å². The molecule has 0 bridgehead atoms. The molecule has 2 unspecified atom stereocenters. The van der Waals surface area contributed by atoms with Gasteiger partial charge in [-0.2, -0.15) is 0 Å². The monoisotopic (exact) mass is 192 g/mol. The van der Waals surface area contributed by atoms with E-state index in [1.54, 1.807) is 0 Å². The van der Waals surface area contributed by atoms with Crippen LogP contribution in [0.25, 0.3) is 0 Å². The van der Waals surface area contributed by atoms with Gasteiger partial charge in [0, 0.05) is 5.69 Å². The maximum atomic E-state index is 9.80. The summed E-state index contributed by atoms with van der Waals surface area (Å²) in [5.74, 6) is 0. The zero-order chi connectivity index (χ0) is 9.97. The summed E-state index contributed by atoms with van der Waals surface area (Å²) in [5.41, 5.74) is 7.49. The van der Waals surface area contributed by atoms with Crippen LogP contribution in [0, 0.1) is 0 Å². The summed E-state index contributed by atoms with van der Waals surface area (Å²) < 4.78 is 0. The molecule has 0 spiro atoms. The summed E-state index contributed by atoms with van der Waals surface area (Å²) in [4.78, 5) is 0. The van der Waals surface area contributed by atoms with Crippen LogP contribution < -0.4 is 11.1 Å². The minimum atomic E-state index is -0.271. The van der Waals surface area contributed by atoms with Gasteiger partial charge in [-0.1, -0.05) is 12.1 Å². The number of hydrogen-bond donors (Lipinski definition) is 3. The standard InChI is InChI=1S/C11H16N2O/c12-9-5-3-8(4-6-9)11-10(14)2-1-7-13-11/h3-6,10-11,13-14H,1-2,7,12H2. The van der Waals surface area contributed by atoms with Crippen LogP contribution in [-0.4, -0.2) is 17.8 Å². The molecule has 1 fully saturated rings. The van der Waals surface area contributed by atoms with Crippen molar-refractivity contribution in [2.75, 3.05) is 12.3 Å². The molecule has 0 aliphatic carbocycles. The molecule has 0 amide bonds. The van der Waals surface area contributed by atoms with Gasteiger partial charge >= 0.3 is 0 Å². The Morgan fingerprint density at radius 3 is 2.64 bits per heavy atom. The average Bonchev–Trinajstić information content (AvgIpc) is 2.20. The summed E-state index contributed by atoms with van der Waals surface area (Å²) in [5, 5.41) is 13.1. The highest BCUT2D eigenvalue weighted by molar-refractivity contribution is 5.40. The first-order chi connectivity index (χ1) is 6.77. The second-order valence-electron chi connectivity index (χ2n) is 3.81. The molecule has 76 valence electrons. The number of anilines is 1. The maximum Gasteiger partial charge on any atom is 0.0735 e. The van der Waals surface area contributed by atoms with Crippen LogP contribution in [0.2, 0.25) is 0 Å². The molecule has 1 aromatic carbocycles. The lowest BCUT2D eigenvalue weighted by Crippen LogP contribution is -2.37. The quantitative estimate of drug-likeness (QED) is 0.583. The second-order valence-corrected chi connectivity index (χ2v) is 3.81.